The maximum absolute atomic E-state index is 13.0. The number of anilines is 2. The van der Waals surface area contributed by atoms with Crippen molar-refractivity contribution in [3.05, 3.63) is 57.5 Å². The number of hydrogen-bond donors (Lipinski definition) is 2. The van der Waals surface area contributed by atoms with Gasteiger partial charge < -0.3 is 11.1 Å². The van der Waals surface area contributed by atoms with Gasteiger partial charge in [0.25, 0.3) is 5.91 Å². The van der Waals surface area contributed by atoms with Gasteiger partial charge in [-0.3, -0.25) is 9.78 Å². The summed E-state index contributed by atoms with van der Waals surface area (Å²) in [6, 6.07) is 9.84. The maximum Gasteiger partial charge on any atom is 0.268 e. The van der Waals surface area contributed by atoms with Crippen LogP contribution in [0, 0.1) is 11.3 Å². The Kier molecular flexibility index (Phi) is 4.69. The Morgan fingerprint density at radius 1 is 1.13 bits per heavy atom. The van der Waals surface area contributed by atoms with Gasteiger partial charge in [-0.15, -0.1) is 22.7 Å². The third-order valence-corrected chi connectivity index (χ3v) is 7.61. The van der Waals surface area contributed by atoms with E-state index in [9.17, 15) is 10.1 Å². The first kappa shape index (κ1) is 18.7. The summed E-state index contributed by atoms with van der Waals surface area (Å²) in [6.45, 7) is 0. The number of carbonyl (C=O) groups excluding carboxylic acids is 1. The van der Waals surface area contributed by atoms with Gasteiger partial charge in [0.1, 0.15) is 20.8 Å². The molecule has 4 aromatic rings. The van der Waals surface area contributed by atoms with Crippen LogP contribution in [0.1, 0.15) is 38.5 Å². The minimum Gasteiger partial charge on any atom is -0.397 e. The van der Waals surface area contributed by atoms with E-state index in [0.29, 0.717) is 26.0 Å². The molecule has 1 aliphatic rings. The lowest BCUT2D eigenvalue weighted by molar-refractivity contribution is 0.103. The summed E-state index contributed by atoms with van der Waals surface area (Å²) in [6.07, 6.45) is 7.52. The van der Waals surface area contributed by atoms with E-state index in [-0.39, 0.29) is 5.91 Å². The van der Waals surface area contributed by atoms with E-state index in [1.807, 2.05) is 24.3 Å². The molecule has 0 unspecified atom stereocenters. The molecule has 4 heterocycles. The quantitative estimate of drug-likeness (QED) is 0.475. The lowest BCUT2D eigenvalue weighted by Gasteiger charge is -2.09. The van der Waals surface area contributed by atoms with Crippen LogP contribution in [0.4, 0.5) is 10.7 Å². The molecule has 6 nitrogen and oxygen atoms in total. The number of nitrogens with two attached hydrogens (primary N) is 1. The zero-order valence-corrected chi connectivity index (χ0v) is 17.6. The molecule has 0 spiro atoms. The Morgan fingerprint density at radius 2 is 1.93 bits per heavy atom. The summed E-state index contributed by atoms with van der Waals surface area (Å²) in [5, 5.41) is 13.9. The summed E-state index contributed by atoms with van der Waals surface area (Å²) in [7, 11) is 0. The number of nitrogens with zero attached hydrogens (tertiary/aromatic N) is 3. The van der Waals surface area contributed by atoms with E-state index in [4.69, 9.17) is 5.73 Å². The first-order chi connectivity index (χ1) is 14.7. The molecule has 8 heteroatoms. The fourth-order valence-corrected chi connectivity index (χ4v) is 6.01. The summed E-state index contributed by atoms with van der Waals surface area (Å²) >= 11 is 2.78. The number of fused-ring (bicyclic) bond motifs is 2. The average molecular weight is 432 g/mol. The molecule has 0 fully saturated rings. The number of aryl methyl sites for hydroxylation is 1. The van der Waals surface area contributed by atoms with Gasteiger partial charge in [-0.2, -0.15) is 5.26 Å². The van der Waals surface area contributed by atoms with E-state index >= 15 is 0 Å². The summed E-state index contributed by atoms with van der Waals surface area (Å²) < 4.78 is 0. The molecular formula is C22H17N5OS2. The number of nitrogen functional groups attached to an aromatic ring is 1. The number of aromatic nitrogens is 2. The van der Waals surface area contributed by atoms with E-state index in [2.05, 4.69) is 21.4 Å². The second-order valence-electron chi connectivity index (χ2n) is 7.11. The van der Waals surface area contributed by atoms with Gasteiger partial charge in [-0.05, 0) is 55.5 Å². The molecule has 4 aromatic heterocycles. The highest BCUT2D eigenvalue weighted by molar-refractivity contribution is 7.21. The average Bonchev–Trinajstić information content (AvgIpc) is 3.30. The van der Waals surface area contributed by atoms with Crippen molar-refractivity contribution in [3.63, 3.8) is 0 Å². The Labute approximate surface area is 181 Å². The molecule has 0 bridgehead atoms. The topological polar surface area (TPSA) is 105 Å². The molecule has 0 atom stereocenters. The van der Waals surface area contributed by atoms with Gasteiger partial charge in [0.05, 0.1) is 16.9 Å². The van der Waals surface area contributed by atoms with Crippen molar-refractivity contribution in [1.29, 1.82) is 5.26 Å². The van der Waals surface area contributed by atoms with Crippen molar-refractivity contribution >= 4 is 49.5 Å². The highest BCUT2D eigenvalue weighted by atomic mass is 32.1. The predicted molar refractivity (Wildman–Crippen MR) is 121 cm³/mol. The Hall–Kier alpha value is -3.28. The Bertz CT molecular complexity index is 1320. The van der Waals surface area contributed by atoms with Gasteiger partial charge in [-0.1, -0.05) is 0 Å². The lowest BCUT2D eigenvalue weighted by atomic mass is 9.96. The van der Waals surface area contributed by atoms with E-state index in [1.165, 1.54) is 27.6 Å². The normalized spacial score (nSPS) is 13.0. The van der Waals surface area contributed by atoms with Crippen LogP contribution in [-0.2, 0) is 12.8 Å². The van der Waals surface area contributed by atoms with Crippen molar-refractivity contribution in [2.75, 3.05) is 11.1 Å². The fourth-order valence-electron chi connectivity index (χ4n) is 3.78. The molecule has 3 N–H and O–H groups in total. The van der Waals surface area contributed by atoms with Crippen LogP contribution in [0.5, 0.6) is 0 Å². The number of nitrogens with one attached hydrogen (secondary N) is 1. The number of amides is 1. The lowest BCUT2D eigenvalue weighted by Crippen LogP contribution is -2.12. The highest BCUT2D eigenvalue weighted by Crippen LogP contribution is 2.39. The molecule has 0 aliphatic heterocycles. The molecule has 0 aromatic carbocycles. The molecule has 30 heavy (non-hydrogen) atoms. The zero-order valence-electron chi connectivity index (χ0n) is 15.9. The van der Waals surface area contributed by atoms with Crippen LogP contribution >= 0.6 is 22.7 Å². The highest BCUT2D eigenvalue weighted by Gasteiger charge is 2.24. The number of rotatable bonds is 3. The minimum absolute atomic E-state index is 0.295. The van der Waals surface area contributed by atoms with Gasteiger partial charge in [-0.25, -0.2) is 4.98 Å². The van der Waals surface area contributed by atoms with Crippen LogP contribution < -0.4 is 11.1 Å². The molecule has 0 saturated carbocycles. The minimum atomic E-state index is -0.295. The van der Waals surface area contributed by atoms with E-state index in [0.717, 1.165) is 47.9 Å². The maximum atomic E-state index is 13.0. The van der Waals surface area contributed by atoms with Crippen LogP contribution in [0.15, 0.2) is 36.7 Å². The van der Waals surface area contributed by atoms with E-state index < -0.39 is 0 Å². The standard InChI is InChI=1S/C22H17N5OS2/c23-11-15-13-3-1-2-4-17(13)29-22(15)27-20(28)19-18(24)14-5-6-16(26-21(14)30-19)12-7-9-25-10-8-12/h5-10H,1-4,24H2,(H,27,28). The van der Waals surface area contributed by atoms with E-state index in [1.54, 1.807) is 12.4 Å². The summed E-state index contributed by atoms with van der Waals surface area (Å²) in [5.74, 6) is -0.295. The Morgan fingerprint density at radius 3 is 2.73 bits per heavy atom. The zero-order chi connectivity index (χ0) is 20.7. The van der Waals surface area contributed by atoms with Crippen LogP contribution in [0.3, 0.4) is 0 Å². The third kappa shape index (κ3) is 3.12. The second-order valence-corrected chi connectivity index (χ2v) is 9.22. The van der Waals surface area contributed by atoms with Crippen LogP contribution in [0.2, 0.25) is 0 Å². The van der Waals surface area contributed by atoms with Gasteiger partial charge in [0, 0.05) is 28.2 Å². The number of nitriles is 1. The van der Waals surface area contributed by atoms with Crippen LogP contribution in [-0.4, -0.2) is 15.9 Å². The number of hydrogen-bond acceptors (Lipinski definition) is 7. The van der Waals surface area contributed by atoms with Crippen molar-refractivity contribution in [1.82, 2.24) is 9.97 Å². The molecule has 1 amide bonds. The SMILES string of the molecule is N#Cc1c(NC(=O)c2sc3nc(-c4ccncc4)ccc3c2N)sc2c1CCCC2. The van der Waals surface area contributed by atoms with Crippen molar-refractivity contribution in [2.45, 2.75) is 25.7 Å². The predicted octanol–water partition coefficient (Wildman–Crippen LogP) is 5.00. The first-order valence-corrected chi connectivity index (χ1v) is 11.2. The summed E-state index contributed by atoms with van der Waals surface area (Å²) in [5.41, 5.74) is 10.2. The van der Waals surface area contributed by atoms with Gasteiger partial charge in [0.2, 0.25) is 0 Å². The third-order valence-electron chi connectivity index (χ3n) is 5.29. The largest absolute Gasteiger partial charge is 0.397 e. The van der Waals surface area contributed by atoms with Crippen molar-refractivity contribution in [3.8, 4) is 17.3 Å². The molecular weight excluding hydrogens is 414 g/mol. The van der Waals surface area contributed by atoms with Crippen LogP contribution in [0.25, 0.3) is 21.5 Å². The number of carbonyl (C=O) groups is 1. The molecule has 0 radical (unpaired) electrons. The number of pyridine rings is 2. The summed E-state index contributed by atoms with van der Waals surface area (Å²) in [4.78, 5) is 24.1. The van der Waals surface area contributed by atoms with Gasteiger partial charge >= 0.3 is 0 Å². The monoisotopic (exact) mass is 431 g/mol. The van der Waals surface area contributed by atoms with Crippen molar-refractivity contribution < 1.29 is 4.79 Å². The number of thiophene rings is 2. The molecule has 1 aliphatic carbocycles. The fraction of sp³-hybridized carbons (Fsp3) is 0.182. The molecule has 0 saturated heterocycles. The second kappa shape index (κ2) is 7.52. The van der Waals surface area contributed by atoms with Gasteiger partial charge in [0.15, 0.2) is 0 Å². The molecule has 148 valence electrons. The first-order valence-electron chi connectivity index (χ1n) is 9.61. The van der Waals surface area contributed by atoms with Crippen molar-refractivity contribution in [2.24, 2.45) is 0 Å². The molecule has 5 rings (SSSR count). The smallest absolute Gasteiger partial charge is 0.268 e. The Balaban J connectivity index is 1.49.